The first-order chi connectivity index (χ1) is 14.8. The number of hydrogen-bond acceptors (Lipinski definition) is 6. The van der Waals surface area contributed by atoms with Gasteiger partial charge >= 0.3 is 0 Å². The Labute approximate surface area is 199 Å². The van der Waals surface area contributed by atoms with Gasteiger partial charge in [0.25, 0.3) is 16.8 Å². The second-order valence-corrected chi connectivity index (χ2v) is 9.17. The van der Waals surface area contributed by atoms with Gasteiger partial charge in [0.1, 0.15) is 16.5 Å². The zero-order valence-corrected chi connectivity index (χ0v) is 19.3. The first-order valence-electron chi connectivity index (χ1n) is 8.86. The Hall–Kier alpha value is -2.63. The number of carbonyl (C=O) groups excluding carboxylic acids is 2. The highest BCUT2D eigenvalue weighted by Gasteiger charge is 2.35. The summed E-state index contributed by atoms with van der Waals surface area (Å²) in [5, 5.41) is 10.8. The third kappa shape index (κ3) is 4.68. The maximum Gasteiger partial charge on any atom is 0.293 e. The zero-order chi connectivity index (χ0) is 22.1. The standard InChI is InChI=1S/C21H12ClIN2O5S/c22-16-7-3-13(9-17(16)25(28)29)18-8-6-15(30-18)10-19-20(26)24(21(27)31-19)11-12-1-4-14(23)5-2-12/h1-10H,11H2/b19-10+. The van der Waals surface area contributed by atoms with Crippen LogP contribution in [0.15, 0.2) is 63.9 Å². The Morgan fingerprint density at radius 1 is 1.13 bits per heavy atom. The van der Waals surface area contributed by atoms with Crippen molar-refractivity contribution in [1.82, 2.24) is 4.90 Å². The van der Waals surface area contributed by atoms with Crippen LogP contribution in [0.25, 0.3) is 17.4 Å². The maximum absolute atomic E-state index is 12.7. The van der Waals surface area contributed by atoms with Crippen molar-refractivity contribution in [2.24, 2.45) is 0 Å². The molecule has 2 aromatic carbocycles. The van der Waals surface area contributed by atoms with Crippen LogP contribution in [0.1, 0.15) is 11.3 Å². The molecule has 0 bridgehead atoms. The summed E-state index contributed by atoms with van der Waals surface area (Å²) >= 11 is 8.88. The van der Waals surface area contributed by atoms with E-state index in [0.717, 1.165) is 20.9 Å². The number of carbonyl (C=O) groups is 2. The van der Waals surface area contributed by atoms with Gasteiger partial charge in [-0.1, -0.05) is 23.7 Å². The molecule has 2 amide bonds. The number of hydrogen-bond donors (Lipinski definition) is 0. The van der Waals surface area contributed by atoms with E-state index in [9.17, 15) is 19.7 Å². The van der Waals surface area contributed by atoms with Crippen LogP contribution in [-0.2, 0) is 11.3 Å². The van der Waals surface area contributed by atoms with Crippen molar-refractivity contribution in [1.29, 1.82) is 0 Å². The molecule has 0 N–H and O–H groups in total. The van der Waals surface area contributed by atoms with E-state index in [0.29, 0.717) is 17.1 Å². The lowest BCUT2D eigenvalue weighted by molar-refractivity contribution is -0.384. The van der Waals surface area contributed by atoms with Crippen LogP contribution in [0.2, 0.25) is 5.02 Å². The van der Waals surface area contributed by atoms with Crippen LogP contribution in [0.4, 0.5) is 10.5 Å². The summed E-state index contributed by atoms with van der Waals surface area (Å²) in [6.45, 7) is 0.191. The van der Waals surface area contributed by atoms with Gasteiger partial charge in [-0.25, -0.2) is 0 Å². The minimum Gasteiger partial charge on any atom is -0.457 e. The van der Waals surface area contributed by atoms with E-state index >= 15 is 0 Å². The van der Waals surface area contributed by atoms with Crippen LogP contribution in [0, 0.1) is 13.7 Å². The molecule has 0 spiro atoms. The molecule has 10 heteroatoms. The van der Waals surface area contributed by atoms with Crippen molar-refractivity contribution in [2.45, 2.75) is 6.54 Å². The summed E-state index contributed by atoms with van der Waals surface area (Å²) in [6, 6.07) is 15.2. The molecule has 0 unspecified atom stereocenters. The maximum atomic E-state index is 12.7. The van der Waals surface area contributed by atoms with E-state index < -0.39 is 10.8 Å². The van der Waals surface area contributed by atoms with Gasteiger partial charge in [-0.15, -0.1) is 0 Å². The first-order valence-corrected chi connectivity index (χ1v) is 11.1. The summed E-state index contributed by atoms with van der Waals surface area (Å²) in [4.78, 5) is 37.0. The molecule has 1 saturated heterocycles. The van der Waals surface area contributed by atoms with Gasteiger partial charge in [0, 0.05) is 21.3 Å². The van der Waals surface area contributed by atoms with Crippen molar-refractivity contribution in [2.75, 3.05) is 0 Å². The van der Waals surface area contributed by atoms with Gasteiger partial charge in [-0.2, -0.15) is 0 Å². The lowest BCUT2D eigenvalue weighted by atomic mass is 10.1. The molecule has 1 aromatic heterocycles. The van der Waals surface area contributed by atoms with E-state index in [2.05, 4.69) is 22.6 Å². The topological polar surface area (TPSA) is 93.7 Å². The highest BCUT2D eigenvalue weighted by Crippen LogP contribution is 2.35. The van der Waals surface area contributed by atoms with Crippen LogP contribution < -0.4 is 0 Å². The van der Waals surface area contributed by atoms with Gasteiger partial charge in [0.15, 0.2) is 0 Å². The molecule has 0 saturated carbocycles. The average Bonchev–Trinajstić information content (AvgIpc) is 3.30. The number of furan rings is 1. The summed E-state index contributed by atoms with van der Waals surface area (Å²) in [5.41, 5.74) is 1.10. The SMILES string of the molecule is O=C1S/C(=C/c2ccc(-c3ccc(Cl)c([N+](=O)[O-])c3)o2)C(=O)N1Cc1ccc(I)cc1. The zero-order valence-electron chi connectivity index (χ0n) is 15.6. The number of rotatable bonds is 5. The molecule has 0 aliphatic carbocycles. The fraction of sp³-hybridized carbons (Fsp3) is 0.0476. The summed E-state index contributed by atoms with van der Waals surface area (Å²) in [5.74, 6) is 0.338. The fourth-order valence-electron chi connectivity index (χ4n) is 2.93. The third-order valence-electron chi connectivity index (χ3n) is 4.46. The largest absolute Gasteiger partial charge is 0.457 e. The second kappa shape index (κ2) is 8.85. The minimum absolute atomic E-state index is 0.0299. The average molecular weight is 567 g/mol. The molecular weight excluding hydrogens is 555 g/mol. The molecule has 0 atom stereocenters. The lowest BCUT2D eigenvalue weighted by Gasteiger charge is -2.12. The Morgan fingerprint density at radius 2 is 1.87 bits per heavy atom. The van der Waals surface area contributed by atoms with E-state index in [-0.39, 0.29) is 27.4 Å². The number of imide groups is 1. The third-order valence-corrected chi connectivity index (χ3v) is 6.40. The number of nitro groups is 1. The molecule has 4 rings (SSSR count). The van der Waals surface area contributed by atoms with Gasteiger partial charge in [0.05, 0.1) is 16.4 Å². The highest BCUT2D eigenvalue weighted by atomic mass is 127. The summed E-state index contributed by atoms with van der Waals surface area (Å²) in [6.07, 6.45) is 1.49. The molecule has 3 aromatic rings. The number of nitrogens with zero attached hydrogens (tertiary/aromatic N) is 2. The van der Waals surface area contributed by atoms with Crippen LogP contribution >= 0.6 is 46.0 Å². The molecule has 2 heterocycles. The Bertz CT molecular complexity index is 1240. The number of halogens is 2. The lowest BCUT2D eigenvalue weighted by Crippen LogP contribution is -2.27. The number of thioether (sulfide) groups is 1. The first kappa shape index (κ1) is 21.6. The summed E-state index contributed by atoms with van der Waals surface area (Å²) < 4.78 is 6.78. The van der Waals surface area contributed by atoms with Crippen LogP contribution in [0.3, 0.4) is 0 Å². The molecule has 1 aliphatic rings. The van der Waals surface area contributed by atoms with Crippen molar-refractivity contribution >= 4 is 68.9 Å². The predicted molar refractivity (Wildman–Crippen MR) is 126 cm³/mol. The molecule has 1 aliphatic heterocycles. The van der Waals surface area contributed by atoms with E-state index in [1.54, 1.807) is 18.2 Å². The smallest absolute Gasteiger partial charge is 0.293 e. The van der Waals surface area contributed by atoms with Crippen molar-refractivity contribution in [3.8, 4) is 11.3 Å². The van der Waals surface area contributed by atoms with E-state index in [1.165, 1.54) is 23.1 Å². The Kier molecular flexibility index (Phi) is 6.17. The van der Waals surface area contributed by atoms with Gasteiger partial charge < -0.3 is 4.42 Å². The monoisotopic (exact) mass is 566 g/mol. The molecule has 7 nitrogen and oxygen atoms in total. The van der Waals surface area contributed by atoms with E-state index in [4.69, 9.17) is 16.0 Å². The van der Waals surface area contributed by atoms with Gasteiger partial charge in [-0.3, -0.25) is 24.6 Å². The number of amides is 2. The van der Waals surface area contributed by atoms with Crippen molar-refractivity contribution in [3.63, 3.8) is 0 Å². The van der Waals surface area contributed by atoms with Crippen LogP contribution in [0.5, 0.6) is 0 Å². The normalized spacial score (nSPS) is 15.2. The molecule has 0 radical (unpaired) electrons. The molecule has 1 fully saturated rings. The fourth-order valence-corrected chi connectivity index (χ4v) is 4.29. The number of nitro benzene ring substituents is 1. The molecular formula is C21H12ClIN2O5S. The van der Waals surface area contributed by atoms with Crippen LogP contribution in [-0.4, -0.2) is 21.0 Å². The molecule has 31 heavy (non-hydrogen) atoms. The number of benzene rings is 2. The second-order valence-electron chi connectivity index (χ2n) is 6.52. The Morgan fingerprint density at radius 3 is 2.58 bits per heavy atom. The quantitative estimate of drug-likeness (QED) is 0.155. The highest BCUT2D eigenvalue weighted by molar-refractivity contribution is 14.1. The predicted octanol–water partition coefficient (Wildman–Crippen LogP) is 6.35. The molecule has 156 valence electrons. The van der Waals surface area contributed by atoms with Gasteiger partial charge in [-0.05, 0) is 76.3 Å². The van der Waals surface area contributed by atoms with Gasteiger partial charge in [0.2, 0.25) is 0 Å². The summed E-state index contributed by atoms with van der Waals surface area (Å²) in [7, 11) is 0. The minimum atomic E-state index is -0.570. The Balaban J connectivity index is 1.55. The van der Waals surface area contributed by atoms with Crippen molar-refractivity contribution < 1.29 is 18.9 Å². The van der Waals surface area contributed by atoms with Crippen molar-refractivity contribution in [3.05, 3.63) is 89.5 Å². The van der Waals surface area contributed by atoms with E-state index in [1.807, 2.05) is 24.3 Å².